The Kier molecular flexibility index (Phi) is 3.06. The van der Waals surface area contributed by atoms with E-state index in [9.17, 15) is 4.79 Å². The first-order valence-corrected chi connectivity index (χ1v) is 5.33. The van der Waals surface area contributed by atoms with Crippen molar-refractivity contribution in [3.63, 3.8) is 0 Å². The zero-order valence-corrected chi connectivity index (χ0v) is 10.3. The summed E-state index contributed by atoms with van der Waals surface area (Å²) in [5.41, 5.74) is 0.514. The summed E-state index contributed by atoms with van der Waals surface area (Å²) in [5, 5.41) is 3.93. The highest BCUT2D eigenvalue weighted by atomic mass is 32.1. The first-order chi connectivity index (χ1) is 8.13. The number of aryl methyl sites for hydroxylation is 1. The molecule has 0 saturated heterocycles. The summed E-state index contributed by atoms with van der Waals surface area (Å²) in [6.07, 6.45) is 1.50. The van der Waals surface area contributed by atoms with E-state index in [0.717, 1.165) is 0 Å². The minimum Gasteiger partial charge on any atom is -0.497 e. The molecule has 6 heteroatoms. The third-order valence-electron chi connectivity index (χ3n) is 2.35. The maximum atomic E-state index is 12.1. The molecular formula is C11H11N3O2S. The molecule has 5 nitrogen and oxygen atoms in total. The SMILES string of the molecule is COc1ccc(C(=O)n2ncn(C)c2=S)cc1. The van der Waals surface area contributed by atoms with Crippen LogP contribution in [-0.2, 0) is 7.05 Å². The summed E-state index contributed by atoms with van der Waals surface area (Å²) in [6, 6.07) is 6.80. The molecule has 2 aromatic rings. The van der Waals surface area contributed by atoms with Crippen LogP contribution in [-0.4, -0.2) is 27.4 Å². The third-order valence-corrected chi connectivity index (χ3v) is 2.81. The van der Waals surface area contributed by atoms with E-state index < -0.39 is 0 Å². The Morgan fingerprint density at radius 3 is 2.47 bits per heavy atom. The van der Waals surface area contributed by atoms with Crippen LogP contribution in [0.25, 0.3) is 0 Å². The van der Waals surface area contributed by atoms with Crippen molar-refractivity contribution in [1.82, 2.24) is 14.3 Å². The summed E-state index contributed by atoms with van der Waals surface area (Å²) < 4.78 is 8.19. The van der Waals surface area contributed by atoms with Gasteiger partial charge in [0.25, 0.3) is 5.91 Å². The van der Waals surface area contributed by atoms with Crippen molar-refractivity contribution in [2.75, 3.05) is 7.11 Å². The lowest BCUT2D eigenvalue weighted by atomic mass is 10.2. The molecular weight excluding hydrogens is 238 g/mol. The second-order valence-corrected chi connectivity index (χ2v) is 3.84. The number of carbonyl (C=O) groups excluding carboxylic acids is 1. The van der Waals surface area contributed by atoms with Crippen molar-refractivity contribution in [2.24, 2.45) is 7.05 Å². The standard InChI is InChI=1S/C11H11N3O2S/c1-13-7-12-14(11(13)17)10(15)8-3-5-9(16-2)6-4-8/h3-7H,1-2H3. The van der Waals surface area contributed by atoms with Crippen LogP contribution in [0, 0.1) is 4.77 Å². The van der Waals surface area contributed by atoms with Gasteiger partial charge in [-0.15, -0.1) is 0 Å². The van der Waals surface area contributed by atoms with Crippen molar-refractivity contribution in [2.45, 2.75) is 0 Å². The lowest BCUT2D eigenvalue weighted by Crippen LogP contribution is -2.14. The lowest BCUT2D eigenvalue weighted by Gasteiger charge is -2.02. The predicted octanol–water partition coefficient (Wildman–Crippen LogP) is 1.65. The van der Waals surface area contributed by atoms with Gasteiger partial charge >= 0.3 is 0 Å². The second-order valence-electron chi connectivity index (χ2n) is 3.47. The highest BCUT2D eigenvalue weighted by molar-refractivity contribution is 7.71. The number of nitrogens with zero attached hydrogens (tertiary/aromatic N) is 3. The molecule has 88 valence electrons. The number of benzene rings is 1. The Balaban J connectivity index is 2.37. The van der Waals surface area contributed by atoms with Gasteiger partial charge in [0.2, 0.25) is 4.77 Å². The molecule has 0 atom stereocenters. The van der Waals surface area contributed by atoms with Gasteiger partial charge in [-0.25, -0.2) is 0 Å². The summed E-state index contributed by atoms with van der Waals surface area (Å²) in [6.45, 7) is 0. The lowest BCUT2D eigenvalue weighted by molar-refractivity contribution is 0.0942. The van der Waals surface area contributed by atoms with E-state index in [1.807, 2.05) is 0 Å². The molecule has 0 amide bonds. The molecule has 0 N–H and O–H groups in total. The largest absolute Gasteiger partial charge is 0.497 e. The Morgan fingerprint density at radius 2 is 2.00 bits per heavy atom. The van der Waals surface area contributed by atoms with Gasteiger partial charge in [-0.2, -0.15) is 9.78 Å². The van der Waals surface area contributed by atoms with Gasteiger partial charge in [-0.05, 0) is 36.5 Å². The van der Waals surface area contributed by atoms with Crippen LogP contribution >= 0.6 is 12.2 Å². The number of ether oxygens (including phenoxy) is 1. The van der Waals surface area contributed by atoms with E-state index >= 15 is 0 Å². The van der Waals surface area contributed by atoms with E-state index in [2.05, 4.69) is 5.10 Å². The van der Waals surface area contributed by atoms with Crippen LogP contribution in [0.5, 0.6) is 5.75 Å². The highest BCUT2D eigenvalue weighted by Gasteiger charge is 2.11. The Labute approximate surface area is 103 Å². The van der Waals surface area contributed by atoms with Gasteiger partial charge in [0.1, 0.15) is 12.1 Å². The molecule has 1 heterocycles. The van der Waals surface area contributed by atoms with Crippen LogP contribution in [0.3, 0.4) is 0 Å². The Hall–Kier alpha value is -1.95. The molecule has 0 unspecified atom stereocenters. The first kappa shape index (κ1) is 11.5. The van der Waals surface area contributed by atoms with Crippen LogP contribution in [0.1, 0.15) is 10.4 Å². The molecule has 0 spiro atoms. The minimum absolute atomic E-state index is 0.252. The van der Waals surface area contributed by atoms with Gasteiger partial charge in [-0.1, -0.05) is 0 Å². The van der Waals surface area contributed by atoms with Crippen molar-refractivity contribution >= 4 is 18.1 Å². The normalized spacial score (nSPS) is 10.2. The molecule has 0 aliphatic carbocycles. The fraction of sp³-hybridized carbons (Fsp3) is 0.182. The first-order valence-electron chi connectivity index (χ1n) is 4.93. The van der Waals surface area contributed by atoms with Crippen molar-refractivity contribution in [3.05, 3.63) is 40.9 Å². The number of methoxy groups -OCH3 is 1. The Morgan fingerprint density at radius 1 is 1.35 bits per heavy atom. The minimum atomic E-state index is -0.252. The molecule has 0 saturated carbocycles. The van der Waals surface area contributed by atoms with E-state index in [1.54, 1.807) is 43.0 Å². The zero-order valence-electron chi connectivity index (χ0n) is 9.45. The fourth-order valence-corrected chi connectivity index (χ4v) is 1.55. The second kappa shape index (κ2) is 4.50. The third kappa shape index (κ3) is 2.12. The zero-order chi connectivity index (χ0) is 12.4. The van der Waals surface area contributed by atoms with Gasteiger partial charge in [0, 0.05) is 12.6 Å². The van der Waals surface area contributed by atoms with Gasteiger partial charge in [0.15, 0.2) is 0 Å². The summed E-state index contributed by atoms with van der Waals surface area (Å²) in [5.74, 6) is 0.449. The maximum absolute atomic E-state index is 12.1. The molecule has 2 rings (SSSR count). The van der Waals surface area contributed by atoms with E-state index in [1.165, 1.54) is 11.0 Å². The number of rotatable bonds is 2. The summed E-state index contributed by atoms with van der Waals surface area (Å²) >= 11 is 5.07. The molecule has 0 fully saturated rings. The topological polar surface area (TPSA) is 49.1 Å². The van der Waals surface area contributed by atoms with Crippen molar-refractivity contribution < 1.29 is 9.53 Å². The van der Waals surface area contributed by atoms with Crippen LogP contribution in [0.2, 0.25) is 0 Å². The molecule has 17 heavy (non-hydrogen) atoms. The van der Waals surface area contributed by atoms with E-state index in [4.69, 9.17) is 17.0 Å². The number of aromatic nitrogens is 3. The summed E-state index contributed by atoms with van der Waals surface area (Å²) in [7, 11) is 3.32. The fourth-order valence-electron chi connectivity index (χ4n) is 1.37. The highest BCUT2D eigenvalue weighted by Crippen LogP contribution is 2.12. The monoisotopic (exact) mass is 249 g/mol. The van der Waals surface area contributed by atoms with Crippen LogP contribution < -0.4 is 4.74 Å². The average Bonchev–Trinajstić information content (AvgIpc) is 2.69. The van der Waals surface area contributed by atoms with Gasteiger partial charge < -0.3 is 9.30 Å². The number of carbonyl (C=O) groups is 1. The molecule has 1 aromatic carbocycles. The maximum Gasteiger partial charge on any atom is 0.280 e. The molecule has 0 bridgehead atoms. The van der Waals surface area contributed by atoms with E-state index in [-0.39, 0.29) is 5.91 Å². The number of hydrogen-bond acceptors (Lipinski definition) is 4. The van der Waals surface area contributed by atoms with Crippen molar-refractivity contribution in [3.8, 4) is 5.75 Å². The van der Waals surface area contributed by atoms with E-state index in [0.29, 0.717) is 16.1 Å². The van der Waals surface area contributed by atoms with Gasteiger partial charge in [0.05, 0.1) is 7.11 Å². The predicted molar refractivity (Wildman–Crippen MR) is 64.8 cm³/mol. The van der Waals surface area contributed by atoms with Crippen LogP contribution in [0.4, 0.5) is 0 Å². The van der Waals surface area contributed by atoms with Gasteiger partial charge in [-0.3, -0.25) is 4.79 Å². The number of hydrogen-bond donors (Lipinski definition) is 0. The quantitative estimate of drug-likeness (QED) is 0.759. The van der Waals surface area contributed by atoms with Crippen LogP contribution in [0.15, 0.2) is 30.6 Å². The molecule has 0 aliphatic heterocycles. The Bertz CT molecular complexity index is 598. The molecule has 0 radical (unpaired) electrons. The smallest absolute Gasteiger partial charge is 0.280 e. The average molecular weight is 249 g/mol. The molecule has 1 aromatic heterocycles. The van der Waals surface area contributed by atoms with Crippen molar-refractivity contribution in [1.29, 1.82) is 0 Å². The summed E-state index contributed by atoms with van der Waals surface area (Å²) in [4.78, 5) is 12.1. The molecule has 0 aliphatic rings.